The number of nitro groups is 2. The van der Waals surface area contributed by atoms with Gasteiger partial charge in [-0.1, -0.05) is 30.3 Å². The van der Waals surface area contributed by atoms with Gasteiger partial charge in [0.1, 0.15) is 5.75 Å². The lowest BCUT2D eigenvalue weighted by Gasteiger charge is -2.06. The molecule has 0 bridgehead atoms. The minimum Gasteiger partial charge on any atom is -0.450 e. The molecular formula is C22H14N4O6S. The van der Waals surface area contributed by atoms with E-state index >= 15 is 0 Å². The number of carbonyl (C=O) groups excluding carboxylic acids is 1. The third-order valence-electron chi connectivity index (χ3n) is 4.39. The molecule has 1 saturated heterocycles. The molecule has 0 unspecified atom stereocenters. The van der Waals surface area contributed by atoms with Crippen LogP contribution in [0.4, 0.5) is 17.1 Å². The fraction of sp³-hybridized carbons (Fsp3) is 0. The summed E-state index contributed by atoms with van der Waals surface area (Å²) in [5.74, 6) is -0.0929. The average Bonchev–Trinajstić information content (AvgIpc) is 3.14. The highest BCUT2D eigenvalue weighted by Crippen LogP contribution is 2.35. The first-order chi connectivity index (χ1) is 15.9. The van der Waals surface area contributed by atoms with Gasteiger partial charge in [0, 0.05) is 6.07 Å². The van der Waals surface area contributed by atoms with Gasteiger partial charge in [0.15, 0.2) is 5.17 Å². The van der Waals surface area contributed by atoms with E-state index in [2.05, 4.69) is 10.3 Å². The van der Waals surface area contributed by atoms with Crippen LogP contribution in [0.15, 0.2) is 82.7 Å². The SMILES string of the molecule is O=C1NC(=Nc2ccccc2)S/C1=C\c1ccc(Oc2ccc([N+](=O)[O-])cc2[N+](=O)[O-])cc1. The van der Waals surface area contributed by atoms with E-state index in [0.29, 0.717) is 21.4 Å². The predicted octanol–water partition coefficient (Wildman–Crippen LogP) is 5.19. The molecule has 1 heterocycles. The van der Waals surface area contributed by atoms with Crippen molar-refractivity contribution in [2.75, 3.05) is 0 Å². The maximum atomic E-state index is 12.2. The lowest BCUT2D eigenvalue weighted by Crippen LogP contribution is -2.19. The number of benzene rings is 3. The van der Waals surface area contributed by atoms with Crippen molar-refractivity contribution in [2.45, 2.75) is 0 Å². The molecule has 4 rings (SSSR count). The summed E-state index contributed by atoms with van der Waals surface area (Å²) in [6, 6.07) is 18.9. The highest BCUT2D eigenvalue weighted by molar-refractivity contribution is 8.18. The number of amidine groups is 1. The maximum Gasteiger partial charge on any atom is 0.318 e. The van der Waals surface area contributed by atoms with Crippen molar-refractivity contribution in [3.63, 3.8) is 0 Å². The number of ether oxygens (including phenoxy) is 1. The van der Waals surface area contributed by atoms with Crippen molar-refractivity contribution < 1.29 is 19.4 Å². The van der Waals surface area contributed by atoms with Gasteiger partial charge in [-0.15, -0.1) is 0 Å². The van der Waals surface area contributed by atoms with E-state index in [1.165, 1.54) is 17.8 Å². The summed E-state index contributed by atoms with van der Waals surface area (Å²) in [6.45, 7) is 0. The fourth-order valence-corrected chi connectivity index (χ4v) is 3.70. The Morgan fingerprint density at radius 2 is 1.67 bits per heavy atom. The molecule has 1 N–H and O–H groups in total. The predicted molar refractivity (Wildman–Crippen MR) is 124 cm³/mol. The normalized spacial score (nSPS) is 15.5. The Morgan fingerprint density at radius 3 is 2.33 bits per heavy atom. The van der Waals surface area contributed by atoms with E-state index in [9.17, 15) is 25.0 Å². The highest BCUT2D eigenvalue weighted by atomic mass is 32.2. The lowest BCUT2D eigenvalue weighted by molar-refractivity contribution is -0.394. The monoisotopic (exact) mass is 462 g/mol. The second-order valence-corrected chi connectivity index (χ2v) is 7.69. The van der Waals surface area contributed by atoms with Crippen LogP contribution in [0.1, 0.15) is 5.56 Å². The molecule has 1 amide bonds. The standard InChI is InChI=1S/C22H14N4O6S/c27-21-20(33-22(24-21)23-15-4-2-1-3-5-15)12-14-6-9-17(10-7-14)32-19-11-8-16(25(28)29)13-18(19)26(30)31/h1-13H,(H,23,24,27)/b20-12-. The van der Waals surface area contributed by atoms with Gasteiger partial charge < -0.3 is 10.1 Å². The highest BCUT2D eigenvalue weighted by Gasteiger charge is 2.24. The summed E-state index contributed by atoms with van der Waals surface area (Å²) >= 11 is 1.21. The molecule has 0 atom stereocenters. The summed E-state index contributed by atoms with van der Waals surface area (Å²) in [5.41, 5.74) is 0.515. The van der Waals surface area contributed by atoms with Crippen LogP contribution in [-0.2, 0) is 4.79 Å². The molecule has 164 valence electrons. The average molecular weight is 462 g/mol. The van der Waals surface area contributed by atoms with Gasteiger partial charge in [-0.3, -0.25) is 25.0 Å². The van der Waals surface area contributed by atoms with Gasteiger partial charge in [-0.05, 0) is 53.7 Å². The first-order valence-corrected chi connectivity index (χ1v) is 10.3. The first-order valence-electron chi connectivity index (χ1n) is 9.44. The number of nitrogens with one attached hydrogen (secondary N) is 1. The smallest absolute Gasteiger partial charge is 0.318 e. The molecule has 11 heteroatoms. The van der Waals surface area contributed by atoms with E-state index < -0.39 is 21.2 Å². The molecule has 0 saturated carbocycles. The molecule has 1 aliphatic rings. The molecule has 0 aromatic heterocycles. The van der Waals surface area contributed by atoms with Crippen LogP contribution in [0.3, 0.4) is 0 Å². The number of thioether (sulfide) groups is 1. The Hall–Kier alpha value is -4.51. The van der Waals surface area contributed by atoms with Gasteiger partial charge in [-0.2, -0.15) is 0 Å². The summed E-state index contributed by atoms with van der Waals surface area (Å²) in [7, 11) is 0. The molecule has 33 heavy (non-hydrogen) atoms. The number of para-hydroxylation sites is 1. The first kappa shape index (κ1) is 21.7. The molecule has 3 aromatic rings. The van der Waals surface area contributed by atoms with Crippen LogP contribution in [-0.4, -0.2) is 20.9 Å². The number of carbonyl (C=O) groups is 1. The summed E-state index contributed by atoms with van der Waals surface area (Å²) < 4.78 is 5.55. The number of rotatable bonds is 6. The van der Waals surface area contributed by atoms with Gasteiger partial charge in [0.25, 0.3) is 11.6 Å². The zero-order valence-electron chi connectivity index (χ0n) is 16.7. The van der Waals surface area contributed by atoms with Crippen molar-refractivity contribution in [3.8, 4) is 11.5 Å². The summed E-state index contributed by atoms with van der Waals surface area (Å²) in [5, 5.41) is 25.3. The van der Waals surface area contributed by atoms with E-state index in [1.54, 1.807) is 30.3 Å². The Kier molecular flexibility index (Phi) is 6.13. The van der Waals surface area contributed by atoms with Crippen LogP contribution in [0.25, 0.3) is 6.08 Å². The lowest BCUT2D eigenvalue weighted by atomic mass is 10.2. The third kappa shape index (κ3) is 5.22. The van der Waals surface area contributed by atoms with Crippen LogP contribution in [0, 0.1) is 20.2 Å². The quantitative estimate of drug-likeness (QED) is 0.302. The largest absolute Gasteiger partial charge is 0.450 e. The van der Waals surface area contributed by atoms with Crippen molar-refractivity contribution in [1.29, 1.82) is 0 Å². The molecule has 10 nitrogen and oxygen atoms in total. The Balaban J connectivity index is 1.50. The topological polar surface area (TPSA) is 137 Å². The van der Waals surface area contributed by atoms with Crippen LogP contribution in [0.5, 0.6) is 11.5 Å². The minimum atomic E-state index is -0.744. The molecule has 0 aliphatic carbocycles. The zero-order valence-corrected chi connectivity index (χ0v) is 17.5. The second-order valence-electron chi connectivity index (χ2n) is 6.65. The molecule has 0 radical (unpaired) electrons. The minimum absolute atomic E-state index is 0.121. The molecule has 1 aliphatic heterocycles. The number of nitrogens with zero attached hydrogens (tertiary/aromatic N) is 3. The second kappa shape index (κ2) is 9.32. The van der Waals surface area contributed by atoms with Crippen LogP contribution < -0.4 is 10.1 Å². The Morgan fingerprint density at radius 1 is 0.939 bits per heavy atom. The molecule has 1 fully saturated rings. The van der Waals surface area contributed by atoms with E-state index in [-0.39, 0.29) is 11.7 Å². The van der Waals surface area contributed by atoms with Gasteiger partial charge in [-0.25, -0.2) is 4.99 Å². The number of hydrogen-bond donors (Lipinski definition) is 1. The van der Waals surface area contributed by atoms with Gasteiger partial charge in [0.05, 0.1) is 26.5 Å². The van der Waals surface area contributed by atoms with Crippen LogP contribution >= 0.6 is 11.8 Å². The Labute approximate surface area is 190 Å². The fourth-order valence-electron chi connectivity index (χ4n) is 2.86. The molecule has 0 spiro atoms. The van der Waals surface area contributed by atoms with E-state index in [4.69, 9.17) is 4.74 Å². The molecular weight excluding hydrogens is 448 g/mol. The summed E-state index contributed by atoms with van der Waals surface area (Å²) in [4.78, 5) is 37.8. The van der Waals surface area contributed by atoms with Gasteiger partial charge >= 0.3 is 5.69 Å². The van der Waals surface area contributed by atoms with Crippen molar-refractivity contribution in [3.05, 3.63) is 103 Å². The van der Waals surface area contributed by atoms with Gasteiger partial charge in [0.2, 0.25) is 5.75 Å². The van der Waals surface area contributed by atoms with Crippen molar-refractivity contribution in [1.82, 2.24) is 5.32 Å². The van der Waals surface area contributed by atoms with Crippen LogP contribution in [0.2, 0.25) is 0 Å². The number of amides is 1. The van der Waals surface area contributed by atoms with E-state index in [0.717, 1.165) is 17.8 Å². The number of nitro benzene ring substituents is 2. The van der Waals surface area contributed by atoms with Crippen molar-refractivity contribution >= 4 is 46.0 Å². The number of hydrogen-bond acceptors (Lipinski definition) is 8. The number of non-ortho nitro benzene ring substituents is 1. The molecule has 3 aromatic carbocycles. The van der Waals surface area contributed by atoms with E-state index in [1.807, 2.05) is 30.3 Å². The Bertz CT molecular complexity index is 1310. The number of aliphatic imine (C=N–C) groups is 1. The third-order valence-corrected chi connectivity index (χ3v) is 5.30. The zero-order chi connectivity index (χ0) is 23.4. The summed E-state index contributed by atoms with van der Waals surface area (Å²) in [6.07, 6.45) is 1.69. The maximum absolute atomic E-state index is 12.2. The van der Waals surface area contributed by atoms with Crippen molar-refractivity contribution in [2.24, 2.45) is 4.99 Å².